The molecule has 1 aromatic heterocycles. The molecule has 0 radical (unpaired) electrons. The maximum Gasteiger partial charge on any atom is 0.153 e. The minimum absolute atomic E-state index is 0.0401. The summed E-state index contributed by atoms with van der Waals surface area (Å²) < 4.78 is 0. The Kier molecular flexibility index (Phi) is 6.22. The van der Waals surface area contributed by atoms with Gasteiger partial charge in [-0.15, -0.1) is 0 Å². The molecule has 0 saturated carbocycles. The first kappa shape index (κ1) is 15.4. The molecule has 0 aliphatic heterocycles. The fourth-order valence-corrected chi connectivity index (χ4v) is 1.72. The molecule has 0 spiro atoms. The smallest absolute Gasteiger partial charge is 0.153 e. The highest BCUT2D eigenvalue weighted by Gasteiger charge is 2.18. The molecule has 0 amide bonds. The monoisotopic (exact) mass is 261 g/mol. The normalized spacial score (nSPS) is 15.0. The zero-order valence-corrected chi connectivity index (χ0v) is 11.7. The average molecular weight is 261 g/mol. The van der Waals surface area contributed by atoms with Crippen molar-refractivity contribution in [2.24, 2.45) is 17.4 Å². The molecule has 1 aromatic rings. The number of pyridine rings is 1. The Labute approximate surface area is 114 Å². The third kappa shape index (κ3) is 5.22. The summed E-state index contributed by atoms with van der Waals surface area (Å²) >= 11 is 0. The molecular weight excluding hydrogens is 238 g/mol. The van der Waals surface area contributed by atoms with E-state index in [-0.39, 0.29) is 11.7 Å². The molecule has 4 N–H and O–H groups in total. The number of ketones is 1. The van der Waals surface area contributed by atoms with Crippen LogP contribution in [0.5, 0.6) is 0 Å². The molecule has 0 saturated heterocycles. The maximum absolute atomic E-state index is 11.9. The van der Waals surface area contributed by atoms with Gasteiger partial charge in [0.2, 0.25) is 0 Å². The number of carbonyl (C=O) groups excluding carboxylic acids is 1. The predicted octanol–water partition coefficient (Wildman–Crippen LogP) is 1.80. The van der Waals surface area contributed by atoms with Crippen LogP contribution in [0.4, 0.5) is 0 Å². The van der Waals surface area contributed by atoms with Gasteiger partial charge in [-0.05, 0) is 18.1 Å². The van der Waals surface area contributed by atoms with E-state index in [4.69, 9.17) is 11.5 Å². The standard InChI is InChI=1S/C15H23N3O/c1-3-11(2)15(17)14(19)8-7-12(16)10-13-6-4-5-9-18-13/h4-7,9,11,15H,3,8,10,16-17H2,1-2H3/b12-7-/t11?,15-/m0/s1. The third-order valence-corrected chi connectivity index (χ3v) is 3.31. The Hall–Kier alpha value is -1.68. The molecule has 0 aliphatic rings. The second kappa shape index (κ2) is 7.69. The number of nitrogens with zero attached hydrogens (tertiary/aromatic N) is 1. The SMILES string of the molecule is CCC(C)[C@H](N)C(=O)C/C=C(\N)Cc1ccccn1. The molecule has 0 aromatic carbocycles. The van der Waals surface area contributed by atoms with Gasteiger partial charge in [-0.3, -0.25) is 9.78 Å². The van der Waals surface area contributed by atoms with E-state index in [0.29, 0.717) is 18.5 Å². The first-order valence-electron chi connectivity index (χ1n) is 6.67. The molecule has 0 fully saturated rings. The molecule has 0 aliphatic carbocycles. The second-order valence-electron chi connectivity index (χ2n) is 4.86. The van der Waals surface area contributed by atoms with Crippen molar-refractivity contribution in [3.63, 3.8) is 0 Å². The Morgan fingerprint density at radius 1 is 1.47 bits per heavy atom. The van der Waals surface area contributed by atoms with Gasteiger partial charge in [-0.2, -0.15) is 0 Å². The van der Waals surface area contributed by atoms with Crippen molar-refractivity contribution in [3.8, 4) is 0 Å². The van der Waals surface area contributed by atoms with E-state index < -0.39 is 6.04 Å². The number of hydrogen-bond acceptors (Lipinski definition) is 4. The molecule has 1 unspecified atom stereocenters. The van der Waals surface area contributed by atoms with Gasteiger partial charge in [0.1, 0.15) is 0 Å². The molecule has 0 bridgehead atoms. The fraction of sp³-hybridized carbons (Fsp3) is 0.467. The van der Waals surface area contributed by atoms with Crippen LogP contribution in [0, 0.1) is 5.92 Å². The number of aromatic nitrogens is 1. The molecule has 4 nitrogen and oxygen atoms in total. The van der Waals surface area contributed by atoms with Gasteiger partial charge in [-0.25, -0.2) is 0 Å². The molecule has 1 heterocycles. The van der Waals surface area contributed by atoms with Gasteiger partial charge in [0.25, 0.3) is 0 Å². The molecule has 104 valence electrons. The molecule has 4 heteroatoms. The minimum Gasteiger partial charge on any atom is -0.402 e. The molecular formula is C15H23N3O. The number of Topliss-reactive ketones (excluding diaryl/α,β-unsaturated/α-hetero) is 1. The van der Waals surface area contributed by atoms with Crippen LogP contribution in [-0.4, -0.2) is 16.8 Å². The number of carbonyl (C=O) groups is 1. The van der Waals surface area contributed by atoms with Gasteiger partial charge < -0.3 is 11.5 Å². The van der Waals surface area contributed by atoms with Gasteiger partial charge in [0.05, 0.1) is 6.04 Å². The summed E-state index contributed by atoms with van der Waals surface area (Å²) in [6.45, 7) is 4.02. The summed E-state index contributed by atoms with van der Waals surface area (Å²) in [5.74, 6) is 0.247. The average Bonchev–Trinajstić information content (AvgIpc) is 2.44. The summed E-state index contributed by atoms with van der Waals surface area (Å²) in [4.78, 5) is 16.1. The zero-order chi connectivity index (χ0) is 14.3. The van der Waals surface area contributed by atoms with Crippen LogP contribution in [-0.2, 0) is 11.2 Å². The van der Waals surface area contributed by atoms with Crippen molar-refractivity contribution in [2.45, 2.75) is 39.2 Å². The van der Waals surface area contributed by atoms with E-state index in [1.54, 1.807) is 12.3 Å². The van der Waals surface area contributed by atoms with E-state index in [1.165, 1.54) is 0 Å². The first-order valence-corrected chi connectivity index (χ1v) is 6.67. The summed E-state index contributed by atoms with van der Waals surface area (Å²) in [5.41, 5.74) is 13.3. The second-order valence-corrected chi connectivity index (χ2v) is 4.86. The van der Waals surface area contributed by atoms with Crippen molar-refractivity contribution < 1.29 is 4.79 Å². The highest BCUT2D eigenvalue weighted by atomic mass is 16.1. The van der Waals surface area contributed by atoms with Crippen molar-refractivity contribution in [3.05, 3.63) is 41.9 Å². The summed E-state index contributed by atoms with van der Waals surface area (Å²) in [6.07, 6.45) is 5.24. The van der Waals surface area contributed by atoms with Crippen LogP contribution in [0.15, 0.2) is 36.2 Å². The van der Waals surface area contributed by atoms with Crippen molar-refractivity contribution in [2.75, 3.05) is 0 Å². The van der Waals surface area contributed by atoms with Gasteiger partial charge >= 0.3 is 0 Å². The largest absolute Gasteiger partial charge is 0.402 e. The van der Waals surface area contributed by atoms with E-state index in [0.717, 1.165) is 12.1 Å². The lowest BCUT2D eigenvalue weighted by molar-refractivity contribution is -0.120. The number of rotatable bonds is 7. The van der Waals surface area contributed by atoms with Crippen LogP contribution in [0.1, 0.15) is 32.4 Å². The van der Waals surface area contributed by atoms with Gasteiger partial charge in [0.15, 0.2) is 5.78 Å². The van der Waals surface area contributed by atoms with Crippen LogP contribution in [0.2, 0.25) is 0 Å². The molecule has 19 heavy (non-hydrogen) atoms. The Morgan fingerprint density at radius 3 is 2.79 bits per heavy atom. The van der Waals surface area contributed by atoms with E-state index in [9.17, 15) is 4.79 Å². The van der Waals surface area contributed by atoms with E-state index in [2.05, 4.69) is 4.98 Å². The minimum atomic E-state index is -0.399. The van der Waals surface area contributed by atoms with Crippen LogP contribution < -0.4 is 11.5 Å². The van der Waals surface area contributed by atoms with Crippen LogP contribution >= 0.6 is 0 Å². The Bertz CT molecular complexity index is 428. The van der Waals surface area contributed by atoms with E-state index in [1.807, 2.05) is 32.0 Å². The van der Waals surface area contributed by atoms with Crippen molar-refractivity contribution in [1.29, 1.82) is 0 Å². The molecule has 1 rings (SSSR count). The lowest BCUT2D eigenvalue weighted by Gasteiger charge is -2.16. The third-order valence-electron chi connectivity index (χ3n) is 3.31. The van der Waals surface area contributed by atoms with Gasteiger partial charge in [-0.1, -0.05) is 32.4 Å². The van der Waals surface area contributed by atoms with Gasteiger partial charge in [0, 0.05) is 30.4 Å². The number of hydrogen-bond donors (Lipinski definition) is 2. The first-order chi connectivity index (χ1) is 9.04. The lowest BCUT2D eigenvalue weighted by atomic mass is 9.94. The quantitative estimate of drug-likeness (QED) is 0.784. The van der Waals surface area contributed by atoms with Crippen LogP contribution in [0.3, 0.4) is 0 Å². The highest BCUT2D eigenvalue weighted by Crippen LogP contribution is 2.09. The molecule has 2 atom stereocenters. The van der Waals surface area contributed by atoms with E-state index >= 15 is 0 Å². The number of allylic oxidation sites excluding steroid dienone is 2. The zero-order valence-electron chi connectivity index (χ0n) is 11.7. The summed E-state index contributed by atoms with van der Waals surface area (Å²) in [6, 6.07) is 5.29. The summed E-state index contributed by atoms with van der Waals surface area (Å²) in [5, 5.41) is 0. The topological polar surface area (TPSA) is 82.0 Å². The Morgan fingerprint density at radius 2 is 2.21 bits per heavy atom. The van der Waals surface area contributed by atoms with Crippen molar-refractivity contribution in [1.82, 2.24) is 4.98 Å². The summed E-state index contributed by atoms with van der Waals surface area (Å²) in [7, 11) is 0. The van der Waals surface area contributed by atoms with Crippen molar-refractivity contribution >= 4 is 5.78 Å². The Balaban J connectivity index is 2.50. The maximum atomic E-state index is 11.9. The fourth-order valence-electron chi connectivity index (χ4n) is 1.72. The lowest BCUT2D eigenvalue weighted by Crippen LogP contribution is -2.36. The predicted molar refractivity (Wildman–Crippen MR) is 77.3 cm³/mol. The number of nitrogens with two attached hydrogens (primary N) is 2. The van der Waals surface area contributed by atoms with Crippen LogP contribution in [0.25, 0.3) is 0 Å². The highest BCUT2D eigenvalue weighted by molar-refractivity contribution is 5.85.